The molecule has 0 bridgehead atoms. The first kappa shape index (κ1) is 14.3. The molecule has 1 saturated heterocycles. The summed E-state index contributed by atoms with van der Waals surface area (Å²) in [5.41, 5.74) is 0.472. The second-order valence-corrected chi connectivity index (χ2v) is 7.26. The van der Waals surface area contributed by atoms with E-state index in [0.717, 1.165) is 12.8 Å². The smallest absolute Gasteiger partial charge is 0.276 e. The van der Waals surface area contributed by atoms with E-state index in [1.165, 1.54) is 16.6 Å². The van der Waals surface area contributed by atoms with Gasteiger partial charge in [0, 0.05) is 26.1 Å². The van der Waals surface area contributed by atoms with Gasteiger partial charge in [0.2, 0.25) is 11.0 Å². The van der Waals surface area contributed by atoms with Crippen LogP contribution in [0.2, 0.25) is 0 Å². The minimum absolute atomic E-state index is 0.0811. The predicted octanol–water partition coefficient (Wildman–Crippen LogP) is 2.06. The van der Waals surface area contributed by atoms with Gasteiger partial charge in [0.1, 0.15) is 6.26 Å². The molecule has 0 aliphatic carbocycles. The molecule has 21 heavy (non-hydrogen) atoms. The highest BCUT2D eigenvalue weighted by Gasteiger charge is 2.31. The number of sulfonamides is 1. The van der Waals surface area contributed by atoms with E-state index in [9.17, 15) is 8.42 Å². The summed E-state index contributed by atoms with van der Waals surface area (Å²) in [6.07, 6.45) is 3.25. The average Bonchev–Trinajstić information content (AvgIpc) is 3.07. The lowest BCUT2D eigenvalue weighted by Crippen LogP contribution is -2.38. The van der Waals surface area contributed by atoms with Crippen LogP contribution in [0.3, 0.4) is 0 Å². The molecule has 1 aliphatic rings. The fraction of sp³-hybridized carbons (Fsp3) is 0.538. The number of piperidine rings is 1. The van der Waals surface area contributed by atoms with Gasteiger partial charge in [-0.15, -0.1) is 10.2 Å². The first-order chi connectivity index (χ1) is 9.96. The molecule has 2 aromatic rings. The Morgan fingerprint density at radius 2 is 2.19 bits per heavy atom. The SMILES string of the molecule is Cc1nnc(-c2coc(S(=O)(=O)N3CCCC(C)C3)c2)o1. The van der Waals surface area contributed by atoms with Gasteiger partial charge in [-0.25, -0.2) is 8.42 Å². The lowest BCUT2D eigenvalue weighted by atomic mass is 10.0. The van der Waals surface area contributed by atoms with Crippen molar-refractivity contribution >= 4 is 10.0 Å². The van der Waals surface area contributed by atoms with Gasteiger partial charge in [-0.05, 0) is 18.8 Å². The molecule has 1 aliphatic heterocycles. The van der Waals surface area contributed by atoms with Crippen LogP contribution < -0.4 is 0 Å². The monoisotopic (exact) mass is 311 g/mol. The highest BCUT2D eigenvalue weighted by Crippen LogP contribution is 2.28. The minimum Gasteiger partial charge on any atom is -0.451 e. The number of nitrogens with zero attached hydrogens (tertiary/aromatic N) is 3. The molecular formula is C13H17N3O4S. The second kappa shape index (κ2) is 5.27. The van der Waals surface area contributed by atoms with E-state index in [0.29, 0.717) is 30.5 Å². The molecule has 0 N–H and O–H groups in total. The molecule has 0 aromatic carbocycles. The molecule has 0 spiro atoms. The lowest BCUT2D eigenvalue weighted by Gasteiger charge is -2.28. The Labute approximate surface area is 123 Å². The molecule has 1 atom stereocenters. The highest BCUT2D eigenvalue weighted by molar-refractivity contribution is 7.89. The molecule has 8 heteroatoms. The van der Waals surface area contributed by atoms with Crippen molar-refractivity contribution < 1.29 is 17.3 Å². The molecule has 1 unspecified atom stereocenters. The molecule has 114 valence electrons. The van der Waals surface area contributed by atoms with Crippen molar-refractivity contribution in [3.05, 3.63) is 18.2 Å². The van der Waals surface area contributed by atoms with Crippen molar-refractivity contribution in [2.24, 2.45) is 5.92 Å². The molecule has 3 heterocycles. The fourth-order valence-corrected chi connectivity index (χ4v) is 3.99. The number of furan rings is 1. The molecule has 0 radical (unpaired) electrons. The Morgan fingerprint density at radius 1 is 1.38 bits per heavy atom. The minimum atomic E-state index is -3.60. The van der Waals surface area contributed by atoms with Crippen LogP contribution in [-0.2, 0) is 10.0 Å². The molecule has 3 rings (SSSR count). The number of rotatable bonds is 3. The third-order valence-corrected chi connectivity index (χ3v) is 5.30. The van der Waals surface area contributed by atoms with E-state index in [1.54, 1.807) is 6.92 Å². The van der Waals surface area contributed by atoms with Crippen LogP contribution >= 0.6 is 0 Å². The summed E-state index contributed by atoms with van der Waals surface area (Å²) in [5, 5.41) is 7.49. The maximum Gasteiger partial charge on any atom is 0.276 e. The van der Waals surface area contributed by atoms with E-state index in [-0.39, 0.29) is 11.0 Å². The summed E-state index contributed by atoms with van der Waals surface area (Å²) in [6.45, 7) is 4.78. The number of aryl methyl sites for hydroxylation is 1. The Kier molecular flexibility index (Phi) is 3.58. The Hall–Kier alpha value is -1.67. The van der Waals surface area contributed by atoms with E-state index < -0.39 is 10.0 Å². The van der Waals surface area contributed by atoms with Crippen LogP contribution in [0.25, 0.3) is 11.5 Å². The van der Waals surface area contributed by atoms with Crippen LogP contribution in [0.1, 0.15) is 25.7 Å². The zero-order valence-electron chi connectivity index (χ0n) is 11.9. The van der Waals surface area contributed by atoms with Gasteiger partial charge in [0.25, 0.3) is 15.9 Å². The molecule has 1 fully saturated rings. The van der Waals surface area contributed by atoms with Gasteiger partial charge < -0.3 is 8.83 Å². The lowest BCUT2D eigenvalue weighted by molar-refractivity contribution is 0.274. The summed E-state index contributed by atoms with van der Waals surface area (Å²) in [7, 11) is -3.60. The third-order valence-electron chi connectivity index (χ3n) is 3.56. The largest absolute Gasteiger partial charge is 0.451 e. The maximum atomic E-state index is 12.5. The quantitative estimate of drug-likeness (QED) is 0.862. The van der Waals surface area contributed by atoms with Gasteiger partial charge in [0.05, 0.1) is 5.56 Å². The van der Waals surface area contributed by atoms with Crippen molar-refractivity contribution in [2.75, 3.05) is 13.1 Å². The van der Waals surface area contributed by atoms with Crippen LogP contribution in [0, 0.1) is 12.8 Å². The van der Waals surface area contributed by atoms with Crippen LogP contribution in [0.5, 0.6) is 0 Å². The Morgan fingerprint density at radius 3 is 2.86 bits per heavy atom. The van der Waals surface area contributed by atoms with Crippen molar-refractivity contribution in [1.82, 2.24) is 14.5 Å². The summed E-state index contributed by atoms with van der Waals surface area (Å²) in [4.78, 5) is 0. The van der Waals surface area contributed by atoms with Gasteiger partial charge in [0.15, 0.2) is 0 Å². The zero-order chi connectivity index (χ0) is 15.0. The normalized spacial score (nSPS) is 20.8. The van der Waals surface area contributed by atoms with Crippen LogP contribution in [0.15, 0.2) is 26.3 Å². The number of aromatic nitrogens is 2. The van der Waals surface area contributed by atoms with Crippen molar-refractivity contribution in [3.8, 4) is 11.5 Å². The van der Waals surface area contributed by atoms with E-state index in [1.807, 2.05) is 0 Å². The maximum absolute atomic E-state index is 12.5. The van der Waals surface area contributed by atoms with Gasteiger partial charge in [-0.1, -0.05) is 6.92 Å². The first-order valence-corrected chi connectivity index (χ1v) is 8.30. The Bertz CT molecular complexity index is 734. The molecular weight excluding hydrogens is 294 g/mol. The van der Waals surface area contributed by atoms with Gasteiger partial charge in [-0.2, -0.15) is 4.31 Å². The number of hydrogen-bond acceptors (Lipinski definition) is 6. The topological polar surface area (TPSA) is 89.4 Å². The highest BCUT2D eigenvalue weighted by atomic mass is 32.2. The van der Waals surface area contributed by atoms with E-state index in [4.69, 9.17) is 8.83 Å². The van der Waals surface area contributed by atoms with Crippen LogP contribution in [0.4, 0.5) is 0 Å². The average molecular weight is 311 g/mol. The summed E-state index contributed by atoms with van der Waals surface area (Å²) < 4.78 is 37.1. The van der Waals surface area contributed by atoms with Crippen molar-refractivity contribution in [2.45, 2.75) is 31.8 Å². The Balaban J connectivity index is 1.88. The zero-order valence-corrected chi connectivity index (χ0v) is 12.8. The van der Waals surface area contributed by atoms with E-state index in [2.05, 4.69) is 17.1 Å². The van der Waals surface area contributed by atoms with E-state index >= 15 is 0 Å². The van der Waals surface area contributed by atoms with Gasteiger partial charge >= 0.3 is 0 Å². The first-order valence-electron chi connectivity index (χ1n) is 6.86. The standard InChI is InChI=1S/C13H17N3O4S/c1-9-4-3-5-16(7-9)21(17,18)12-6-11(8-19-12)13-15-14-10(2)20-13/h6,8-9H,3-5,7H2,1-2H3. The van der Waals surface area contributed by atoms with Crippen LogP contribution in [-0.4, -0.2) is 36.0 Å². The summed E-state index contributed by atoms with van der Waals surface area (Å²) in [6, 6.07) is 1.43. The molecule has 0 amide bonds. The molecule has 2 aromatic heterocycles. The second-order valence-electron chi connectivity index (χ2n) is 5.39. The molecule has 0 saturated carbocycles. The van der Waals surface area contributed by atoms with Gasteiger partial charge in [-0.3, -0.25) is 0 Å². The number of hydrogen-bond donors (Lipinski definition) is 0. The molecule has 7 nitrogen and oxygen atoms in total. The summed E-state index contributed by atoms with van der Waals surface area (Å²) in [5.74, 6) is 1.03. The summed E-state index contributed by atoms with van der Waals surface area (Å²) >= 11 is 0. The third kappa shape index (κ3) is 2.73. The van der Waals surface area contributed by atoms with Crippen molar-refractivity contribution in [3.63, 3.8) is 0 Å². The predicted molar refractivity (Wildman–Crippen MR) is 73.9 cm³/mol. The fourth-order valence-electron chi connectivity index (χ4n) is 2.47. The van der Waals surface area contributed by atoms with Crippen molar-refractivity contribution in [1.29, 1.82) is 0 Å².